The van der Waals surface area contributed by atoms with E-state index >= 15 is 0 Å². The molecule has 0 saturated carbocycles. The Bertz CT molecular complexity index is 508. The van der Waals surface area contributed by atoms with Crippen LogP contribution in [0.2, 0.25) is 0 Å². The number of halogens is 1. The number of benzene rings is 1. The summed E-state index contributed by atoms with van der Waals surface area (Å²) in [7, 11) is 0. The molecule has 17 heavy (non-hydrogen) atoms. The topological polar surface area (TPSA) is 68.8 Å². The molecule has 0 aliphatic rings. The van der Waals surface area contributed by atoms with Crippen molar-refractivity contribution in [2.24, 2.45) is 0 Å². The first kappa shape index (κ1) is 11.4. The first-order valence-corrected chi connectivity index (χ1v) is 5.37. The van der Waals surface area contributed by atoms with E-state index in [2.05, 4.69) is 15.5 Å². The van der Waals surface area contributed by atoms with Gasteiger partial charge >= 0.3 is 0 Å². The summed E-state index contributed by atoms with van der Waals surface area (Å²) in [6, 6.07) is 4.67. The van der Waals surface area contributed by atoms with Crippen LogP contribution >= 0.6 is 0 Å². The Balaban J connectivity index is 2.10. The number of nitrogens with one attached hydrogen (secondary N) is 1. The fourth-order valence-corrected chi connectivity index (χ4v) is 1.55. The van der Waals surface area contributed by atoms with E-state index in [1.807, 2.05) is 11.5 Å². The van der Waals surface area contributed by atoms with Gasteiger partial charge in [0.2, 0.25) is 0 Å². The van der Waals surface area contributed by atoms with Crippen molar-refractivity contribution >= 4 is 11.4 Å². The molecule has 3 N–H and O–H groups in total. The Morgan fingerprint density at radius 2 is 2.29 bits per heavy atom. The fraction of sp³-hybridized carbons (Fsp3) is 0.273. The Morgan fingerprint density at radius 1 is 1.47 bits per heavy atom. The zero-order chi connectivity index (χ0) is 12.3. The molecule has 0 amide bonds. The molecule has 0 aliphatic carbocycles. The summed E-state index contributed by atoms with van der Waals surface area (Å²) in [6.45, 7) is 3.26. The van der Waals surface area contributed by atoms with E-state index in [0.29, 0.717) is 12.2 Å². The van der Waals surface area contributed by atoms with Gasteiger partial charge in [0.05, 0.1) is 17.9 Å². The third-order valence-corrected chi connectivity index (χ3v) is 2.53. The highest BCUT2D eigenvalue weighted by Crippen LogP contribution is 2.21. The molecular formula is C11H14FN5. The molecule has 1 heterocycles. The van der Waals surface area contributed by atoms with Gasteiger partial charge in [0, 0.05) is 6.54 Å². The third kappa shape index (κ3) is 2.35. The zero-order valence-corrected chi connectivity index (χ0v) is 9.52. The van der Waals surface area contributed by atoms with Gasteiger partial charge in [-0.1, -0.05) is 6.07 Å². The SMILES string of the molecule is CCn1cnnc1CNc1cccc(F)c1N. The van der Waals surface area contributed by atoms with Crippen LogP contribution < -0.4 is 11.1 Å². The number of nitrogen functional groups attached to an aromatic ring is 1. The molecule has 90 valence electrons. The lowest BCUT2D eigenvalue weighted by Gasteiger charge is -2.09. The van der Waals surface area contributed by atoms with Crippen molar-refractivity contribution in [1.29, 1.82) is 0 Å². The smallest absolute Gasteiger partial charge is 0.152 e. The molecule has 1 aromatic carbocycles. The lowest BCUT2D eigenvalue weighted by atomic mass is 10.2. The molecule has 5 nitrogen and oxygen atoms in total. The summed E-state index contributed by atoms with van der Waals surface area (Å²) in [5, 5.41) is 10.8. The average Bonchev–Trinajstić information content (AvgIpc) is 2.78. The summed E-state index contributed by atoms with van der Waals surface area (Å²) < 4.78 is 15.1. The highest BCUT2D eigenvalue weighted by molar-refractivity contribution is 5.66. The molecule has 2 aromatic rings. The largest absolute Gasteiger partial charge is 0.395 e. The maximum absolute atomic E-state index is 13.2. The Morgan fingerprint density at radius 3 is 3.06 bits per heavy atom. The standard InChI is InChI=1S/C11H14FN5/c1-2-17-7-15-16-10(17)6-14-9-5-3-4-8(12)11(9)13/h3-5,7,14H,2,6,13H2,1H3. The van der Waals surface area contributed by atoms with Crippen molar-refractivity contribution in [1.82, 2.24) is 14.8 Å². The van der Waals surface area contributed by atoms with Crippen LogP contribution in [0.3, 0.4) is 0 Å². The van der Waals surface area contributed by atoms with Gasteiger partial charge in [-0.15, -0.1) is 10.2 Å². The van der Waals surface area contributed by atoms with Crippen LogP contribution in [0.25, 0.3) is 0 Å². The lowest BCUT2D eigenvalue weighted by Crippen LogP contribution is -2.09. The summed E-state index contributed by atoms with van der Waals surface area (Å²) in [6.07, 6.45) is 1.66. The van der Waals surface area contributed by atoms with Crippen molar-refractivity contribution in [2.45, 2.75) is 20.0 Å². The number of aryl methyl sites for hydroxylation is 1. The molecule has 0 spiro atoms. The Labute approximate surface area is 98.5 Å². The van der Waals surface area contributed by atoms with Gasteiger partial charge in [-0.2, -0.15) is 0 Å². The maximum atomic E-state index is 13.2. The Hall–Kier alpha value is -2.11. The molecule has 6 heteroatoms. The van der Waals surface area contributed by atoms with E-state index < -0.39 is 5.82 Å². The normalized spacial score (nSPS) is 10.5. The maximum Gasteiger partial charge on any atom is 0.152 e. The highest BCUT2D eigenvalue weighted by Gasteiger charge is 2.06. The van der Waals surface area contributed by atoms with Crippen molar-refractivity contribution < 1.29 is 4.39 Å². The number of nitrogens with zero attached hydrogens (tertiary/aromatic N) is 3. The monoisotopic (exact) mass is 235 g/mol. The quantitative estimate of drug-likeness (QED) is 0.790. The highest BCUT2D eigenvalue weighted by atomic mass is 19.1. The summed E-state index contributed by atoms with van der Waals surface area (Å²) in [5.41, 5.74) is 6.30. The van der Waals surface area contributed by atoms with Crippen molar-refractivity contribution in [3.05, 3.63) is 36.2 Å². The second-order valence-corrected chi connectivity index (χ2v) is 3.59. The minimum atomic E-state index is -0.424. The number of hydrogen-bond donors (Lipinski definition) is 2. The van der Waals surface area contributed by atoms with Gasteiger partial charge in [-0.3, -0.25) is 0 Å². The van der Waals surface area contributed by atoms with Crippen LogP contribution in [-0.2, 0) is 13.1 Å². The third-order valence-electron chi connectivity index (χ3n) is 2.53. The molecule has 0 unspecified atom stereocenters. The Kier molecular flexibility index (Phi) is 3.22. The van der Waals surface area contributed by atoms with Gasteiger partial charge in [-0.05, 0) is 19.1 Å². The van der Waals surface area contributed by atoms with E-state index in [-0.39, 0.29) is 5.69 Å². The van der Waals surface area contributed by atoms with Crippen molar-refractivity contribution in [3.63, 3.8) is 0 Å². The molecule has 0 atom stereocenters. The van der Waals surface area contributed by atoms with Crippen LogP contribution in [-0.4, -0.2) is 14.8 Å². The molecule has 0 fully saturated rings. The van der Waals surface area contributed by atoms with Gasteiger partial charge in [-0.25, -0.2) is 4.39 Å². The number of anilines is 2. The van der Waals surface area contributed by atoms with Gasteiger partial charge in [0.1, 0.15) is 12.1 Å². The van der Waals surface area contributed by atoms with Crippen molar-refractivity contribution in [3.8, 4) is 0 Å². The van der Waals surface area contributed by atoms with Crippen LogP contribution in [0.15, 0.2) is 24.5 Å². The van der Waals surface area contributed by atoms with E-state index in [9.17, 15) is 4.39 Å². The fourth-order valence-electron chi connectivity index (χ4n) is 1.55. The predicted molar refractivity (Wildman–Crippen MR) is 63.8 cm³/mol. The van der Waals surface area contributed by atoms with Gasteiger partial charge in [0.25, 0.3) is 0 Å². The average molecular weight is 235 g/mol. The molecule has 0 saturated heterocycles. The lowest BCUT2D eigenvalue weighted by molar-refractivity contribution is 0.632. The van der Waals surface area contributed by atoms with Crippen LogP contribution in [0.1, 0.15) is 12.7 Å². The van der Waals surface area contributed by atoms with Crippen LogP contribution in [0.4, 0.5) is 15.8 Å². The summed E-state index contributed by atoms with van der Waals surface area (Å²) in [5.74, 6) is 0.364. The first-order chi connectivity index (χ1) is 8.22. The first-order valence-electron chi connectivity index (χ1n) is 5.37. The number of hydrogen-bond acceptors (Lipinski definition) is 4. The van der Waals surface area contributed by atoms with E-state index in [0.717, 1.165) is 12.4 Å². The van der Waals surface area contributed by atoms with E-state index in [1.54, 1.807) is 18.5 Å². The number of para-hydroxylation sites is 1. The molecule has 0 bridgehead atoms. The van der Waals surface area contributed by atoms with Crippen LogP contribution in [0, 0.1) is 5.82 Å². The predicted octanol–water partition coefficient (Wildman–Crippen LogP) is 1.63. The number of aromatic nitrogens is 3. The molecular weight excluding hydrogens is 221 g/mol. The van der Waals surface area contributed by atoms with E-state index in [4.69, 9.17) is 5.73 Å². The minimum Gasteiger partial charge on any atom is -0.395 e. The second kappa shape index (κ2) is 4.82. The number of rotatable bonds is 4. The zero-order valence-electron chi connectivity index (χ0n) is 9.52. The molecule has 0 radical (unpaired) electrons. The van der Waals surface area contributed by atoms with Gasteiger partial charge in [0.15, 0.2) is 5.82 Å². The van der Waals surface area contributed by atoms with E-state index in [1.165, 1.54) is 6.07 Å². The molecule has 0 aliphatic heterocycles. The second-order valence-electron chi connectivity index (χ2n) is 3.59. The van der Waals surface area contributed by atoms with Crippen molar-refractivity contribution in [2.75, 3.05) is 11.1 Å². The minimum absolute atomic E-state index is 0.120. The van der Waals surface area contributed by atoms with Crippen LogP contribution in [0.5, 0.6) is 0 Å². The molecule has 2 rings (SSSR count). The van der Waals surface area contributed by atoms with Gasteiger partial charge < -0.3 is 15.6 Å². The number of nitrogens with two attached hydrogens (primary N) is 1. The summed E-state index contributed by atoms with van der Waals surface area (Å²) in [4.78, 5) is 0. The molecule has 1 aromatic heterocycles. The summed E-state index contributed by atoms with van der Waals surface area (Å²) >= 11 is 0.